The van der Waals surface area contributed by atoms with E-state index < -0.39 is 0 Å². The molecule has 0 aromatic heterocycles. The molecule has 0 aliphatic carbocycles. The second-order valence-corrected chi connectivity index (χ2v) is 6.40. The van der Waals surface area contributed by atoms with Crippen molar-refractivity contribution in [2.45, 2.75) is 51.9 Å². The van der Waals surface area contributed by atoms with Crippen LogP contribution in [0.3, 0.4) is 0 Å². The molecule has 3 atom stereocenters. The minimum absolute atomic E-state index is 0.0775. The first-order chi connectivity index (χ1) is 9.45. The topological polar surface area (TPSA) is 38.5 Å². The molecule has 1 heterocycles. The van der Waals surface area contributed by atoms with Crippen LogP contribution in [0.25, 0.3) is 0 Å². The Morgan fingerprint density at radius 1 is 1.10 bits per heavy atom. The number of ether oxygens (including phenoxy) is 1. The monoisotopic (exact) mass is 276 g/mol. The van der Waals surface area contributed by atoms with E-state index in [0.717, 1.165) is 19.6 Å². The Labute approximate surface area is 123 Å². The number of benzene rings is 1. The Bertz CT molecular complexity index is 406. The van der Waals surface area contributed by atoms with Crippen LogP contribution in [0.5, 0.6) is 0 Å². The summed E-state index contributed by atoms with van der Waals surface area (Å²) in [4.78, 5) is 2.42. The van der Waals surface area contributed by atoms with Gasteiger partial charge < -0.3 is 10.5 Å². The molecule has 2 N–H and O–H groups in total. The molecule has 0 saturated carbocycles. The third-order valence-electron chi connectivity index (χ3n) is 3.98. The molecule has 3 nitrogen and oxygen atoms in total. The van der Waals surface area contributed by atoms with Gasteiger partial charge in [0.15, 0.2) is 0 Å². The maximum Gasteiger partial charge on any atom is 0.0678 e. The molecule has 0 bridgehead atoms. The molecule has 2 rings (SSSR count). The molecule has 3 unspecified atom stereocenters. The van der Waals surface area contributed by atoms with E-state index in [1.807, 2.05) is 0 Å². The molecule has 1 aliphatic rings. The molecule has 1 aromatic carbocycles. The van der Waals surface area contributed by atoms with E-state index in [2.05, 4.69) is 56.9 Å². The molecular formula is C17H28N2O. The quantitative estimate of drug-likeness (QED) is 0.919. The Morgan fingerprint density at radius 3 is 2.10 bits per heavy atom. The molecular weight excluding hydrogens is 248 g/mol. The van der Waals surface area contributed by atoms with Gasteiger partial charge in [-0.1, -0.05) is 38.1 Å². The molecule has 0 radical (unpaired) electrons. The summed E-state index contributed by atoms with van der Waals surface area (Å²) in [7, 11) is 0. The number of hydrogen-bond donors (Lipinski definition) is 1. The predicted molar refractivity (Wildman–Crippen MR) is 83.9 cm³/mol. The molecule has 0 amide bonds. The van der Waals surface area contributed by atoms with Crippen molar-refractivity contribution in [3.05, 3.63) is 35.4 Å². The van der Waals surface area contributed by atoms with Crippen molar-refractivity contribution in [3.8, 4) is 0 Å². The van der Waals surface area contributed by atoms with Gasteiger partial charge in [0.2, 0.25) is 0 Å². The molecule has 1 saturated heterocycles. The van der Waals surface area contributed by atoms with E-state index in [-0.39, 0.29) is 6.04 Å². The highest BCUT2D eigenvalue weighted by Crippen LogP contribution is 2.19. The fraction of sp³-hybridized carbons (Fsp3) is 0.647. The summed E-state index contributed by atoms with van der Waals surface area (Å²) in [5.41, 5.74) is 8.95. The summed E-state index contributed by atoms with van der Waals surface area (Å²) in [6.45, 7) is 11.5. The molecule has 3 heteroatoms. The summed E-state index contributed by atoms with van der Waals surface area (Å²) < 4.78 is 5.76. The zero-order valence-electron chi connectivity index (χ0n) is 13.2. The number of nitrogens with two attached hydrogens (primary N) is 1. The average molecular weight is 276 g/mol. The fourth-order valence-electron chi connectivity index (χ4n) is 2.95. The van der Waals surface area contributed by atoms with Gasteiger partial charge in [0, 0.05) is 25.7 Å². The van der Waals surface area contributed by atoms with E-state index in [9.17, 15) is 0 Å². The van der Waals surface area contributed by atoms with Crippen LogP contribution >= 0.6 is 0 Å². The van der Waals surface area contributed by atoms with Crippen LogP contribution in [-0.4, -0.2) is 36.7 Å². The van der Waals surface area contributed by atoms with Crippen molar-refractivity contribution in [3.63, 3.8) is 0 Å². The smallest absolute Gasteiger partial charge is 0.0678 e. The number of rotatable bonds is 4. The van der Waals surface area contributed by atoms with Crippen LogP contribution in [0.1, 0.15) is 50.8 Å². The lowest BCUT2D eigenvalue weighted by atomic mass is 9.99. The van der Waals surface area contributed by atoms with E-state index in [1.165, 1.54) is 11.1 Å². The maximum absolute atomic E-state index is 6.36. The second kappa shape index (κ2) is 6.70. The van der Waals surface area contributed by atoms with Gasteiger partial charge in [-0.3, -0.25) is 4.90 Å². The van der Waals surface area contributed by atoms with Crippen molar-refractivity contribution >= 4 is 0 Å². The first-order valence-corrected chi connectivity index (χ1v) is 7.69. The maximum atomic E-state index is 6.36. The third-order valence-corrected chi connectivity index (χ3v) is 3.98. The first-order valence-electron chi connectivity index (χ1n) is 7.69. The van der Waals surface area contributed by atoms with Crippen LogP contribution in [0.2, 0.25) is 0 Å². The molecule has 1 aromatic rings. The van der Waals surface area contributed by atoms with Gasteiger partial charge in [-0.05, 0) is 30.9 Å². The second-order valence-electron chi connectivity index (χ2n) is 6.40. The van der Waals surface area contributed by atoms with Crippen LogP contribution in [0.15, 0.2) is 24.3 Å². The van der Waals surface area contributed by atoms with Crippen molar-refractivity contribution in [2.24, 2.45) is 5.73 Å². The minimum Gasteiger partial charge on any atom is -0.373 e. The molecule has 112 valence electrons. The minimum atomic E-state index is 0.0775. The third kappa shape index (κ3) is 4.05. The normalized spacial score (nSPS) is 25.9. The molecule has 1 fully saturated rings. The van der Waals surface area contributed by atoms with Gasteiger partial charge >= 0.3 is 0 Å². The highest BCUT2D eigenvalue weighted by molar-refractivity contribution is 5.26. The van der Waals surface area contributed by atoms with Crippen LogP contribution < -0.4 is 5.73 Å². The van der Waals surface area contributed by atoms with Crippen LogP contribution in [-0.2, 0) is 4.74 Å². The van der Waals surface area contributed by atoms with Crippen molar-refractivity contribution < 1.29 is 4.74 Å². The largest absolute Gasteiger partial charge is 0.373 e. The fourth-order valence-corrected chi connectivity index (χ4v) is 2.95. The molecule has 0 spiro atoms. The van der Waals surface area contributed by atoms with Gasteiger partial charge in [-0.2, -0.15) is 0 Å². The number of morpholine rings is 1. The Hall–Kier alpha value is -0.900. The Morgan fingerprint density at radius 2 is 1.60 bits per heavy atom. The van der Waals surface area contributed by atoms with E-state index in [4.69, 9.17) is 10.5 Å². The standard InChI is InChI=1S/C17H28N2O/c1-12(2)15-5-7-16(8-6-15)17(18)11-19-9-13(3)20-14(4)10-19/h5-8,12-14,17H,9-11,18H2,1-4H3. The van der Waals surface area contributed by atoms with Crippen LogP contribution in [0.4, 0.5) is 0 Å². The van der Waals surface area contributed by atoms with Crippen molar-refractivity contribution in [1.29, 1.82) is 0 Å². The van der Waals surface area contributed by atoms with Crippen molar-refractivity contribution in [2.75, 3.05) is 19.6 Å². The zero-order valence-corrected chi connectivity index (χ0v) is 13.2. The van der Waals surface area contributed by atoms with E-state index in [1.54, 1.807) is 0 Å². The Balaban J connectivity index is 1.95. The van der Waals surface area contributed by atoms with Gasteiger partial charge in [-0.25, -0.2) is 0 Å². The van der Waals surface area contributed by atoms with Gasteiger partial charge in [0.1, 0.15) is 0 Å². The Kier molecular flexibility index (Phi) is 5.19. The lowest BCUT2D eigenvalue weighted by molar-refractivity contribution is -0.0691. The van der Waals surface area contributed by atoms with Crippen LogP contribution in [0, 0.1) is 0 Å². The highest BCUT2D eigenvalue weighted by atomic mass is 16.5. The van der Waals surface area contributed by atoms with Gasteiger partial charge in [0.05, 0.1) is 12.2 Å². The summed E-state index contributed by atoms with van der Waals surface area (Å²) >= 11 is 0. The SMILES string of the molecule is CC1CN(CC(N)c2ccc(C(C)C)cc2)CC(C)O1. The average Bonchev–Trinajstić information content (AvgIpc) is 2.37. The number of hydrogen-bond acceptors (Lipinski definition) is 3. The van der Waals surface area contributed by atoms with Crippen molar-refractivity contribution in [1.82, 2.24) is 4.90 Å². The molecule has 20 heavy (non-hydrogen) atoms. The summed E-state index contributed by atoms with van der Waals surface area (Å²) in [6, 6.07) is 8.82. The zero-order chi connectivity index (χ0) is 14.7. The molecule has 1 aliphatic heterocycles. The number of nitrogens with zero attached hydrogens (tertiary/aromatic N) is 1. The van der Waals surface area contributed by atoms with E-state index in [0.29, 0.717) is 18.1 Å². The summed E-state index contributed by atoms with van der Waals surface area (Å²) in [5, 5.41) is 0. The van der Waals surface area contributed by atoms with Gasteiger partial charge in [-0.15, -0.1) is 0 Å². The highest BCUT2D eigenvalue weighted by Gasteiger charge is 2.23. The lowest BCUT2D eigenvalue weighted by Crippen LogP contribution is -2.47. The first kappa shape index (κ1) is 15.5. The van der Waals surface area contributed by atoms with Gasteiger partial charge in [0.25, 0.3) is 0 Å². The summed E-state index contributed by atoms with van der Waals surface area (Å²) in [6.07, 6.45) is 0.600. The van der Waals surface area contributed by atoms with E-state index >= 15 is 0 Å². The lowest BCUT2D eigenvalue weighted by Gasteiger charge is -2.36. The summed E-state index contributed by atoms with van der Waals surface area (Å²) in [5.74, 6) is 0.571. The predicted octanol–water partition coefficient (Wildman–Crippen LogP) is 2.92.